The Bertz CT molecular complexity index is 674. The summed E-state index contributed by atoms with van der Waals surface area (Å²) in [5.74, 6) is 0. The summed E-state index contributed by atoms with van der Waals surface area (Å²) in [6.45, 7) is 2.11. The first-order chi connectivity index (χ1) is 8.75. The van der Waals surface area contributed by atoms with Crippen molar-refractivity contribution in [2.45, 2.75) is 13.0 Å². The van der Waals surface area contributed by atoms with Crippen molar-refractivity contribution in [2.24, 2.45) is 5.73 Å². The molecule has 3 heteroatoms. The van der Waals surface area contributed by atoms with Crippen LogP contribution in [0.2, 0.25) is 0 Å². The van der Waals surface area contributed by atoms with Crippen molar-refractivity contribution in [1.82, 2.24) is 4.98 Å². The molecule has 0 fully saturated rings. The lowest BCUT2D eigenvalue weighted by Gasteiger charge is -2.11. The van der Waals surface area contributed by atoms with Crippen molar-refractivity contribution in [3.63, 3.8) is 0 Å². The molecular weight excluding hydrogens is 240 g/mol. The highest BCUT2D eigenvalue weighted by Crippen LogP contribution is 2.26. The molecule has 3 rings (SSSR count). The number of nitrogens with zero attached hydrogens (tertiary/aromatic N) is 1. The van der Waals surface area contributed by atoms with Crippen molar-refractivity contribution in [3.05, 3.63) is 64.0 Å². The Kier molecular flexibility index (Phi) is 2.86. The van der Waals surface area contributed by atoms with Gasteiger partial charge in [-0.25, -0.2) is 0 Å². The predicted molar refractivity (Wildman–Crippen MR) is 76.8 cm³/mol. The number of benzene rings is 1. The third-order valence-corrected chi connectivity index (χ3v) is 4.07. The van der Waals surface area contributed by atoms with Gasteiger partial charge in [0.2, 0.25) is 0 Å². The van der Waals surface area contributed by atoms with Gasteiger partial charge >= 0.3 is 0 Å². The molecule has 1 atom stereocenters. The summed E-state index contributed by atoms with van der Waals surface area (Å²) < 4.78 is 0. The second-order valence-electron chi connectivity index (χ2n) is 4.37. The van der Waals surface area contributed by atoms with E-state index in [9.17, 15) is 0 Å². The van der Waals surface area contributed by atoms with E-state index in [0.717, 1.165) is 16.1 Å². The topological polar surface area (TPSA) is 38.9 Å². The maximum absolute atomic E-state index is 6.27. The third-order valence-electron chi connectivity index (χ3n) is 3.11. The molecule has 18 heavy (non-hydrogen) atoms. The molecule has 1 aromatic carbocycles. The number of thiophene rings is 1. The van der Waals surface area contributed by atoms with Gasteiger partial charge in [-0.15, -0.1) is 11.3 Å². The van der Waals surface area contributed by atoms with Gasteiger partial charge in [0.1, 0.15) is 0 Å². The van der Waals surface area contributed by atoms with E-state index in [1.165, 1.54) is 10.9 Å². The minimum absolute atomic E-state index is 0.131. The fourth-order valence-electron chi connectivity index (χ4n) is 2.15. The molecule has 1 unspecified atom stereocenters. The van der Waals surface area contributed by atoms with Gasteiger partial charge in [0, 0.05) is 10.3 Å². The van der Waals surface area contributed by atoms with Crippen molar-refractivity contribution in [3.8, 4) is 0 Å². The van der Waals surface area contributed by atoms with Crippen LogP contribution < -0.4 is 5.73 Å². The summed E-state index contributed by atoms with van der Waals surface area (Å²) in [5.41, 5.74) is 9.45. The Balaban J connectivity index is 2.13. The fraction of sp³-hybridized carbons (Fsp3) is 0.133. The molecule has 0 aliphatic rings. The zero-order valence-corrected chi connectivity index (χ0v) is 10.9. The normalized spacial score (nSPS) is 12.8. The van der Waals surface area contributed by atoms with Gasteiger partial charge in [0.15, 0.2) is 0 Å². The Hall–Kier alpha value is -1.71. The molecule has 0 bridgehead atoms. The summed E-state index contributed by atoms with van der Waals surface area (Å²) >= 11 is 1.67. The van der Waals surface area contributed by atoms with Gasteiger partial charge in [-0.1, -0.05) is 24.3 Å². The molecule has 0 amide bonds. The van der Waals surface area contributed by atoms with Crippen molar-refractivity contribution < 1.29 is 0 Å². The number of fused-ring (bicyclic) bond motifs is 1. The summed E-state index contributed by atoms with van der Waals surface area (Å²) in [6.07, 6.45) is 0. The number of hydrogen-bond acceptors (Lipinski definition) is 3. The van der Waals surface area contributed by atoms with E-state index in [-0.39, 0.29) is 6.04 Å². The number of hydrogen-bond donors (Lipinski definition) is 1. The van der Waals surface area contributed by atoms with Gasteiger partial charge in [-0.05, 0) is 36.1 Å². The number of pyridine rings is 1. The Morgan fingerprint density at radius 3 is 2.78 bits per heavy atom. The largest absolute Gasteiger partial charge is 0.318 e. The molecule has 3 aromatic rings. The molecule has 0 radical (unpaired) electrons. The summed E-state index contributed by atoms with van der Waals surface area (Å²) in [6, 6.07) is 14.2. The molecular formula is C15H14N2S. The predicted octanol–water partition coefficient (Wildman–Crippen LogP) is 3.65. The zero-order chi connectivity index (χ0) is 12.5. The highest BCUT2D eigenvalue weighted by atomic mass is 32.1. The minimum atomic E-state index is -0.131. The third kappa shape index (κ3) is 1.92. The van der Waals surface area contributed by atoms with E-state index in [2.05, 4.69) is 30.1 Å². The smallest absolute Gasteiger partial charge is 0.0820 e. The highest BCUT2D eigenvalue weighted by Gasteiger charge is 2.13. The van der Waals surface area contributed by atoms with Crippen LogP contribution in [0.1, 0.15) is 22.2 Å². The second kappa shape index (κ2) is 4.52. The van der Waals surface area contributed by atoms with Crippen LogP contribution >= 0.6 is 11.3 Å². The lowest BCUT2D eigenvalue weighted by atomic mass is 10.1. The van der Waals surface area contributed by atoms with Crippen LogP contribution in [0.15, 0.2) is 47.8 Å². The van der Waals surface area contributed by atoms with Crippen LogP contribution in [0, 0.1) is 6.92 Å². The first kappa shape index (κ1) is 11.4. The Morgan fingerprint density at radius 2 is 2.00 bits per heavy atom. The SMILES string of the molecule is Cc1cc(C(N)c2cccs2)nc2ccccc12. The minimum Gasteiger partial charge on any atom is -0.318 e. The molecule has 0 spiro atoms. The molecule has 0 saturated carbocycles. The summed E-state index contributed by atoms with van der Waals surface area (Å²) in [7, 11) is 0. The molecule has 0 aliphatic heterocycles. The van der Waals surface area contributed by atoms with Gasteiger partial charge in [0.05, 0.1) is 17.3 Å². The molecule has 2 N–H and O–H groups in total. The van der Waals surface area contributed by atoms with Gasteiger partial charge in [-0.2, -0.15) is 0 Å². The fourth-order valence-corrected chi connectivity index (χ4v) is 2.89. The molecule has 2 heterocycles. The number of nitrogens with two attached hydrogens (primary N) is 1. The number of rotatable bonds is 2. The van der Waals surface area contributed by atoms with Crippen molar-refractivity contribution in [1.29, 1.82) is 0 Å². The zero-order valence-electron chi connectivity index (χ0n) is 10.1. The number of para-hydroxylation sites is 1. The average molecular weight is 254 g/mol. The van der Waals surface area contributed by atoms with E-state index in [4.69, 9.17) is 5.73 Å². The maximum Gasteiger partial charge on any atom is 0.0820 e. The van der Waals surface area contributed by atoms with Crippen LogP contribution in [0.3, 0.4) is 0 Å². The van der Waals surface area contributed by atoms with E-state index in [0.29, 0.717) is 0 Å². The van der Waals surface area contributed by atoms with Crippen LogP contribution in [0.25, 0.3) is 10.9 Å². The number of aryl methyl sites for hydroxylation is 1. The van der Waals surface area contributed by atoms with E-state index in [1.807, 2.05) is 29.6 Å². The summed E-state index contributed by atoms with van der Waals surface area (Å²) in [4.78, 5) is 5.82. The molecule has 2 nitrogen and oxygen atoms in total. The molecule has 2 aromatic heterocycles. The first-order valence-electron chi connectivity index (χ1n) is 5.91. The van der Waals surface area contributed by atoms with Crippen LogP contribution in [0.4, 0.5) is 0 Å². The van der Waals surface area contributed by atoms with Gasteiger partial charge in [-0.3, -0.25) is 4.98 Å². The van der Waals surface area contributed by atoms with Gasteiger partial charge in [0.25, 0.3) is 0 Å². The van der Waals surface area contributed by atoms with E-state index < -0.39 is 0 Å². The summed E-state index contributed by atoms with van der Waals surface area (Å²) in [5, 5.41) is 3.24. The van der Waals surface area contributed by atoms with Gasteiger partial charge < -0.3 is 5.73 Å². The Labute approximate surface area is 110 Å². The van der Waals surface area contributed by atoms with Crippen LogP contribution in [-0.2, 0) is 0 Å². The maximum atomic E-state index is 6.27. The van der Waals surface area contributed by atoms with E-state index in [1.54, 1.807) is 11.3 Å². The lowest BCUT2D eigenvalue weighted by molar-refractivity contribution is 0.853. The average Bonchev–Trinajstić information content (AvgIpc) is 2.91. The van der Waals surface area contributed by atoms with Crippen molar-refractivity contribution in [2.75, 3.05) is 0 Å². The highest BCUT2D eigenvalue weighted by molar-refractivity contribution is 7.10. The number of aromatic nitrogens is 1. The van der Waals surface area contributed by atoms with Crippen LogP contribution in [-0.4, -0.2) is 4.98 Å². The molecule has 0 saturated heterocycles. The molecule has 90 valence electrons. The van der Waals surface area contributed by atoms with Crippen LogP contribution in [0.5, 0.6) is 0 Å². The molecule has 0 aliphatic carbocycles. The first-order valence-corrected chi connectivity index (χ1v) is 6.79. The van der Waals surface area contributed by atoms with Crippen molar-refractivity contribution >= 4 is 22.2 Å². The monoisotopic (exact) mass is 254 g/mol. The Morgan fingerprint density at radius 1 is 1.17 bits per heavy atom. The van der Waals surface area contributed by atoms with E-state index >= 15 is 0 Å². The quantitative estimate of drug-likeness (QED) is 0.758. The standard InChI is InChI=1S/C15H14N2S/c1-10-9-13(15(16)14-7-4-8-18-14)17-12-6-3-2-5-11(10)12/h2-9,15H,16H2,1H3. The lowest BCUT2D eigenvalue weighted by Crippen LogP contribution is -2.12. The second-order valence-corrected chi connectivity index (χ2v) is 5.35.